The van der Waals surface area contributed by atoms with Gasteiger partial charge in [-0.1, -0.05) is 17.7 Å². The molecular weight excluding hydrogens is 276 g/mol. The molecule has 0 radical (unpaired) electrons. The van der Waals surface area contributed by atoms with Crippen LogP contribution in [0.25, 0.3) is 11.0 Å². The van der Waals surface area contributed by atoms with Gasteiger partial charge in [-0.2, -0.15) is 4.98 Å². The lowest BCUT2D eigenvalue weighted by molar-refractivity contribution is 0.588. The molecule has 0 bridgehead atoms. The van der Waals surface area contributed by atoms with E-state index in [4.69, 9.17) is 5.73 Å². The van der Waals surface area contributed by atoms with Crippen LogP contribution >= 0.6 is 0 Å². The number of nitrogen functional groups attached to an aromatic ring is 1. The molecule has 0 saturated carbocycles. The van der Waals surface area contributed by atoms with Gasteiger partial charge >= 0.3 is 0 Å². The normalized spacial score (nSPS) is 11.8. The molecule has 2 aromatic heterocycles. The van der Waals surface area contributed by atoms with Crippen LogP contribution in [-0.2, 0) is 9.84 Å². The smallest absolute Gasteiger partial charge is 0.255 e. The maximum atomic E-state index is 12.5. The van der Waals surface area contributed by atoms with Gasteiger partial charge in [-0.05, 0) is 25.1 Å². The fourth-order valence-corrected chi connectivity index (χ4v) is 3.02. The number of H-pyrrole nitrogens is 1. The highest BCUT2D eigenvalue weighted by Gasteiger charge is 2.22. The number of nitrogens with two attached hydrogens (primary N) is 1. The predicted molar refractivity (Wildman–Crippen MR) is 74.9 cm³/mol. The highest BCUT2D eigenvalue weighted by Crippen LogP contribution is 2.22. The van der Waals surface area contributed by atoms with E-state index in [0.29, 0.717) is 11.0 Å². The van der Waals surface area contributed by atoms with Gasteiger partial charge in [0, 0.05) is 6.20 Å². The molecule has 0 aliphatic heterocycles. The second kappa shape index (κ2) is 4.31. The highest BCUT2D eigenvalue weighted by atomic mass is 32.2. The third kappa shape index (κ3) is 1.92. The molecule has 0 aliphatic rings. The van der Waals surface area contributed by atoms with Gasteiger partial charge in [-0.25, -0.2) is 13.4 Å². The first-order chi connectivity index (χ1) is 9.48. The molecule has 0 saturated heterocycles. The number of hydrogen-bond donors (Lipinski definition) is 2. The number of rotatable bonds is 2. The van der Waals surface area contributed by atoms with Gasteiger partial charge in [-0.15, -0.1) is 0 Å². The van der Waals surface area contributed by atoms with Gasteiger partial charge in [0.15, 0.2) is 0 Å². The van der Waals surface area contributed by atoms with Crippen LogP contribution in [-0.4, -0.2) is 23.4 Å². The van der Waals surface area contributed by atoms with E-state index in [0.717, 1.165) is 5.56 Å². The van der Waals surface area contributed by atoms with E-state index >= 15 is 0 Å². The van der Waals surface area contributed by atoms with E-state index in [9.17, 15) is 8.42 Å². The third-order valence-electron chi connectivity index (χ3n) is 3.00. The highest BCUT2D eigenvalue weighted by molar-refractivity contribution is 7.91. The van der Waals surface area contributed by atoms with Crippen molar-refractivity contribution in [3.8, 4) is 0 Å². The minimum atomic E-state index is -3.77. The van der Waals surface area contributed by atoms with Crippen molar-refractivity contribution >= 4 is 26.7 Å². The van der Waals surface area contributed by atoms with Crippen molar-refractivity contribution in [1.29, 1.82) is 0 Å². The largest absolute Gasteiger partial charge is 0.383 e. The van der Waals surface area contributed by atoms with Gasteiger partial charge in [0.1, 0.15) is 11.5 Å². The number of aryl methyl sites for hydroxylation is 1. The first-order valence-electron chi connectivity index (χ1n) is 5.91. The van der Waals surface area contributed by atoms with Crippen LogP contribution in [0.1, 0.15) is 5.56 Å². The van der Waals surface area contributed by atoms with Crippen molar-refractivity contribution in [1.82, 2.24) is 15.0 Å². The molecule has 0 atom stereocenters. The number of sulfone groups is 1. The number of nitrogens with one attached hydrogen (secondary N) is 1. The Labute approximate surface area is 115 Å². The second-order valence-corrected chi connectivity index (χ2v) is 6.29. The van der Waals surface area contributed by atoms with Crippen molar-refractivity contribution in [3.63, 3.8) is 0 Å². The molecule has 0 amide bonds. The average molecular weight is 288 g/mol. The zero-order valence-corrected chi connectivity index (χ0v) is 11.5. The Hall–Kier alpha value is -2.41. The number of anilines is 1. The van der Waals surface area contributed by atoms with Crippen LogP contribution in [0, 0.1) is 6.92 Å². The number of aromatic amines is 1. The van der Waals surface area contributed by atoms with Gasteiger partial charge in [0.05, 0.1) is 10.3 Å². The Bertz CT molecular complexity index is 882. The van der Waals surface area contributed by atoms with Gasteiger partial charge < -0.3 is 10.7 Å². The summed E-state index contributed by atoms with van der Waals surface area (Å²) in [7, 11) is -3.77. The number of nitrogens with zero attached hydrogens (tertiary/aromatic N) is 2. The standard InChI is InChI=1S/C13H12N4O2S/c1-8-2-4-9(5-3-8)20(18,19)13-16-11(14)10-6-7-15-12(10)17-13/h2-7H,1H3,(H3,14,15,16,17). The van der Waals surface area contributed by atoms with Gasteiger partial charge in [-0.3, -0.25) is 0 Å². The first kappa shape index (κ1) is 12.6. The number of aromatic nitrogens is 3. The monoisotopic (exact) mass is 288 g/mol. The summed E-state index contributed by atoms with van der Waals surface area (Å²) in [5.74, 6) is 0.141. The molecule has 0 fully saturated rings. The lowest BCUT2D eigenvalue weighted by atomic mass is 10.2. The van der Waals surface area contributed by atoms with E-state index in [2.05, 4.69) is 15.0 Å². The molecule has 3 aromatic rings. The summed E-state index contributed by atoms with van der Waals surface area (Å²) in [5.41, 5.74) is 7.15. The topological polar surface area (TPSA) is 102 Å². The maximum absolute atomic E-state index is 12.5. The number of fused-ring (bicyclic) bond motifs is 1. The summed E-state index contributed by atoms with van der Waals surface area (Å²) in [4.78, 5) is 10.9. The molecule has 3 rings (SSSR count). The minimum Gasteiger partial charge on any atom is -0.383 e. The molecule has 3 N–H and O–H groups in total. The molecule has 0 aliphatic carbocycles. The fraction of sp³-hybridized carbons (Fsp3) is 0.0769. The molecule has 20 heavy (non-hydrogen) atoms. The van der Waals surface area contributed by atoms with E-state index in [1.807, 2.05) is 6.92 Å². The van der Waals surface area contributed by atoms with Crippen molar-refractivity contribution in [3.05, 3.63) is 42.1 Å². The van der Waals surface area contributed by atoms with E-state index in [1.165, 1.54) is 12.1 Å². The SMILES string of the molecule is Cc1ccc(S(=O)(=O)c2nc(N)c3cc[nH]c3n2)cc1. The number of benzene rings is 1. The van der Waals surface area contributed by atoms with E-state index in [1.54, 1.807) is 24.4 Å². The predicted octanol–water partition coefficient (Wildman–Crippen LogP) is 1.68. The van der Waals surface area contributed by atoms with E-state index < -0.39 is 9.84 Å². The van der Waals surface area contributed by atoms with Crippen LogP contribution in [0.3, 0.4) is 0 Å². The Morgan fingerprint density at radius 3 is 2.50 bits per heavy atom. The third-order valence-corrected chi connectivity index (χ3v) is 4.55. The van der Waals surface area contributed by atoms with Gasteiger partial charge in [0.25, 0.3) is 5.16 Å². The average Bonchev–Trinajstić information content (AvgIpc) is 2.88. The Balaban J connectivity index is 2.20. The quantitative estimate of drug-likeness (QED) is 0.698. The van der Waals surface area contributed by atoms with Gasteiger partial charge in [0.2, 0.25) is 9.84 Å². The Morgan fingerprint density at radius 1 is 1.10 bits per heavy atom. The van der Waals surface area contributed by atoms with Crippen molar-refractivity contribution < 1.29 is 8.42 Å². The summed E-state index contributed by atoms with van der Waals surface area (Å²) in [5, 5.41) is 0.307. The van der Waals surface area contributed by atoms with Crippen LogP contribution < -0.4 is 5.73 Å². The summed E-state index contributed by atoms with van der Waals surface area (Å²) in [6.07, 6.45) is 1.64. The summed E-state index contributed by atoms with van der Waals surface area (Å²) in [6, 6.07) is 8.21. The molecule has 102 valence electrons. The van der Waals surface area contributed by atoms with Crippen LogP contribution in [0.4, 0.5) is 5.82 Å². The molecule has 0 spiro atoms. The molecule has 2 heterocycles. The fourth-order valence-electron chi connectivity index (χ4n) is 1.89. The minimum absolute atomic E-state index is 0.141. The van der Waals surface area contributed by atoms with Crippen LogP contribution in [0.5, 0.6) is 0 Å². The van der Waals surface area contributed by atoms with Crippen molar-refractivity contribution in [2.24, 2.45) is 0 Å². The number of hydrogen-bond acceptors (Lipinski definition) is 5. The van der Waals surface area contributed by atoms with Crippen LogP contribution in [0.15, 0.2) is 46.6 Å². The molecular formula is C13H12N4O2S. The van der Waals surface area contributed by atoms with Crippen LogP contribution in [0.2, 0.25) is 0 Å². The Kier molecular flexibility index (Phi) is 2.72. The summed E-state index contributed by atoms with van der Waals surface area (Å²) in [6.45, 7) is 1.88. The molecule has 6 nitrogen and oxygen atoms in total. The zero-order valence-electron chi connectivity index (χ0n) is 10.7. The molecule has 0 unspecified atom stereocenters. The zero-order chi connectivity index (χ0) is 14.3. The molecule has 7 heteroatoms. The first-order valence-corrected chi connectivity index (χ1v) is 7.39. The Morgan fingerprint density at radius 2 is 1.80 bits per heavy atom. The van der Waals surface area contributed by atoms with Crippen molar-refractivity contribution in [2.75, 3.05) is 5.73 Å². The summed E-state index contributed by atoms with van der Waals surface area (Å²) < 4.78 is 24.9. The maximum Gasteiger partial charge on any atom is 0.255 e. The summed E-state index contributed by atoms with van der Waals surface area (Å²) >= 11 is 0. The van der Waals surface area contributed by atoms with Crippen molar-refractivity contribution in [2.45, 2.75) is 17.0 Å². The van der Waals surface area contributed by atoms with E-state index in [-0.39, 0.29) is 15.9 Å². The second-order valence-electron chi connectivity index (χ2n) is 4.45. The molecule has 1 aromatic carbocycles. The lowest BCUT2D eigenvalue weighted by Gasteiger charge is -2.05. The lowest BCUT2D eigenvalue weighted by Crippen LogP contribution is -2.09.